The average Bonchev–Trinajstić information content (AvgIpc) is 3.71. The second-order valence-electron chi connectivity index (χ2n) is 11.1. The maximum absolute atomic E-state index is 15.9. The van der Waals surface area contributed by atoms with Gasteiger partial charge in [0.1, 0.15) is 35.4 Å². The number of pyridine rings is 1. The van der Waals surface area contributed by atoms with E-state index < -0.39 is 11.6 Å². The molecule has 0 spiro atoms. The average molecular weight is 642 g/mol. The van der Waals surface area contributed by atoms with Crippen LogP contribution in [0.15, 0.2) is 60.5 Å². The molecule has 2 aromatic carbocycles. The van der Waals surface area contributed by atoms with Gasteiger partial charge in [-0.15, -0.1) is 11.3 Å². The monoisotopic (exact) mass is 641 g/mol. The molecule has 0 saturated heterocycles. The molecule has 9 nitrogen and oxygen atoms in total. The zero-order valence-corrected chi connectivity index (χ0v) is 25.7. The highest BCUT2D eigenvalue weighted by molar-refractivity contribution is 7.18. The van der Waals surface area contributed by atoms with E-state index in [1.165, 1.54) is 17.4 Å². The number of benzene rings is 2. The van der Waals surface area contributed by atoms with Crippen molar-refractivity contribution in [3.05, 3.63) is 89.0 Å². The van der Waals surface area contributed by atoms with Gasteiger partial charge in [-0.3, -0.25) is 14.3 Å². The first-order valence-corrected chi connectivity index (χ1v) is 15.7. The predicted octanol–water partition coefficient (Wildman–Crippen LogP) is 5.52. The Kier molecular flexibility index (Phi) is 7.61. The molecule has 1 atom stereocenters. The lowest BCUT2D eigenvalue weighted by atomic mass is 9.93. The van der Waals surface area contributed by atoms with Crippen LogP contribution in [0.5, 0.6) is 5.75 Å². The number of aliphatic hydroxyl groups is 1. The molecule has 0 bridgehead atoms. The largest absolute Gasteiger partial charge is 0.490 e. The third-order valence-electron chi connectivity index (χ3n) is 8.49. The van der Waals surface area contributed by atoms with Crippen molar-refractivity contribution in [3.63, 3.8) is 0 Å². The van der Waals surface area contributed by atoms with Gasteiger partial charge >= 0.3 is 0 Å². The highest BCUT2D eigenvalue weighted by Crippen LogP contribution is 2.47. The molecule has 234 valence electrons. The lowest BCUT2D eigenvalue weighted by molar-refractivity contribution is -0.129. The summed E-state index contributed by atoms with van der Waals surface area (Å²) >= 11 is 1.38. The third-order valence-corrected chi connectivity index (χ3v) is 9.42. The van der Waals surface area contributed by atoms with Crippen molar-refractivity contribution >= 4 is 33.2 Å². The summed E-state index contributed by atoms with van der Waals surface area (Å²) in [7, 11) is 0. The summed E-state index contributed by atoms with van der Waals surface area (Å²) < 4.78 is 38.7. The third kappa shape index (κ3) is 4.94. The smallest absolute Gasteiger partial charge is 0.251 e. The molecule has 2 aliphatic heterocycles. The molecule has 2 aliphatic rings. The SMILES string of the molecule is C=CC(=O)N1CCn2nc(-c3nc(-c4ccc5c(c4)CCNC5=O)c4ccsc4c3-c3c(F)cc(F)cc3OCCO)cc2[C@H]1C. The first-order chi connectivity index (χ1) is 22.3. The maximum Gasteiger partial charge on any atom is 0.251 e. The molecule has 0 fully saturated rings. The fourth-order valence-electron chi connectivity index (χ4n) is 6.34. The number of carbonyl (C=O) groups excluding carboxylic acids is 2. The minimum atomic E-state index is -0.849. The van der Waals surface area contributed by atoms with Crippen molar-refractivity contribution in [3.8, 4) is 39.5 Å². The van der Waals surface area contributed by atoms with Gasteiger partial charge in [0, 0.05) is 52.0 Å². The first kappa shape index (κ1) is 29.8. The van der Waals surface area contributed by atoms with Crippen molar-refractivity contribution in [2.24, 2.45) is 0 Å². The summed E-state index contributed by atoms with van der Waals surface area (Å²) in [5.74, 6) is -2.06. The number of carbonyl (C=O) groups is 2. The Labute approximate surface area is 266 Å². The lowest BCUT2D eigenvalue weighted by Gasteiger charge is -2.33. The van der Waals surface area contributed by atoms with Crippen LogP contribution in [0, 0.1) is 11.6 Å². The molecule has 3 aromatic heterocycles. The van der Waals surface area contributed by atoms with Crippen LogP contribution < -0.4 is 10.1 Å². The molecule has 5 aromatic rings. The van der Waals surface area contributed by atoms with Gasteiger partial charge in [0.2, 0.25) is 5.91 Å². The van der Waals surface area contributed by atoms with Crippen molar-refractivity contribution in [1.82, 2.24) is 25.0 Å². The van der Waals surface area contributed by atoms with Gasteiger partial charge in [0.15, 0.2) is 0 Å². The Morgan fingerprint density at radius 3 is 2.83 bits per heavy atom. The number of hydrogen-bond donors (Lipinski definition) is 2. The number of fused-ring (bicyclic) bond motifs is 3. The van der Waals surface area contributed by atoms with Crippen LogP contribution in [0.2, 0.25) is 0 Å². The number of aromatic nitrogens is 3. The lowest BCUT2D eigenvalue weighted by Crippen LogP contribution is -2.40. The Balaban J connectivity index is 1.50. The van der Waals surface area contributed by atoms with E-state index in [1.54, 1.807) is 11.0 Å². The number of ether oxygens (including phenoxy) is 1. The number of thiophene rings is 1. The quantitative estimate of drug-likeness (QED) is 0.227. The van der Waals surface area contributed by atoms with Crippen LogP contribution in [0.25, 0.3) is 43.9 Å². The normalized spacial score (nSPS) is 15.8. The van der Waals surface area contributed by atoms with Crippen LogP contribution in [0.4, 0.5) is 8.78 Å². The van der Waals surface area contributed by atoms with E-state index in [-0.39, 0.29) is 42.4 Å². The fourth-order valence-corrected chi connectivity index (χ4v) is 7.28. The number of nitrogens with one attached hydrogen (secondary N) is 1. The fraction of sp³-hybridized carbons (Fsp3) is 0.235. The standard InChI is InChI=1S/C34H29F2N5O4S/c1-3-28(43)40-9-10-41-26(18(40)2)17-25(39-41)32-30(29-24(36)15-21(35)16-27(29)45-12-11-42)33-23(7-13-46-33)31(38-32)20-4-5-22-19(14-20)6-8-37-34(22)44/h3-5,7,13-18,42H,1,6,8-12H2,2H3,(H,37,44)/t18-/m1/s1. The van der Waals surface area contributed by atoms with Crippen molar-refractivity contribution in [2.75, 3.05) is 26.3 Å². The second-order valence-corrected chi connectivity index (χ2v) is 12.1. The Morgan fingerprint density at radius 2 is 2.02 bits per heavy atom. The summed E-state index contributed by atoms with van der Waals surface area (Å²) in [6.45, 7) is 6.42. The number of hydrogen-bond acceptors (Lipinski definition) is 7. The number of rotatable bonds is 7. The van der Waals surface area contributed by atoms with Crippen LogP contribution in [0.1, 0.15) is 34.6 Å². The summed E-state index contributed by atoms with van der Waals surface area (Å²) in [5.41, 5.74) is 4.84. The molecule has 12 heteroatoms. The van der Waals surface area contributed by atoms with E-state index in [4.69, 9.17) is 14.8 Å². The summed E-state index contributed by atoms with van der Waals surface area (Å²) in [6, 6.07) is 10.9. The molecule has 0 aliphatic carbocycles. The molecule has 0 radical (unpaired) electrons. The minimum absolute atomic E-state index is 0.000874. The number of nitrogens with zero attached hydrogens (tertiary/aromatic N) is 4. The maximum atomic E-state index is 15.9. The van der Waals surface area contributed by atoms with Gasteiger partial charge in [-0.05, 0) is 54.6 Å². The minimum Gasteiger partial charge on any atom is -0.490 e. The van der Waals surface area contributed by atoms with E-state index in [2.05, 4.69) is 11.9 Å². The van der Waals surface area contributed by atoms with Gasteiger partial charge in [-0.1, -0.05) is 12.6 Å². The zero-order valence-electron chi connectivity index (χ0n) is 24.8. The van der Waals surface area contributed by atoms with Crippen LogP contribution in [0.3, 0.4) is 0 Å². The van der Waals surface area contributed by atoms with Crippen molar-refractivity contribution < 1.29 is 28.2 Å². The van der Waals surface area contributed by atoms with E-state index in [0.717, 1.165) is 34.3 Å². The van der Waals surface area contributed by atoms with E-state index in [0.29, 0.717) is 59.0 Å². The molecular weight excluding hydrogens is 612 g/mol. The molecule has 2 N–H and O–H groups in total. The number of amides is 2. The molecule has 7 rings (SSSR count). The number of halogens is 2. The van der Waals surface area contributed by atoms with Gasteiger partial charge < -0.3 is 20.1 Å². The van der Waals surface area contributed by atoms with E-state index in [1.807, 2.05) is 41.3 Å². The topological polar surface area (TPSA) is 110 Å². The summed E-state index contributed by atoms with van der Waals surface area (Å²) in [6.07, 6.45) is 1.96. The second kappa shape index (κ2) is 11.8. The van der Waals surface area contributed by atoms with Crippen LogP contribution >= 0.6 is 11.3 Å². The highest BCUT2D eigenvalue weighted by Gasteiger charge is 2.31. The predicted molar refractivity (Wildman–Crippen MR) is 171 cm³/mol. The summed E-state index contributed by atoms with van der Waals surface area (Å²) in [4.78, 5) is 31.9. The molecular formula is C34H29F2N5O4S. The zero-order chi connectivity index (χ0) is 32.1. The molecule has 2 amide bonds. The van der Waals surface area contributed by atoms with Gasteiger partial charge in [-0.2, -0.15) is 5.10 Å². The van der Waals surface area contributed by atoms with Gasteiger partial charge in [-0.25, -0.2) is 13.8 Å². The Morgan fingerprint density at radius 1 is 1.17 bits per heavy atom. The van der Waals surface area contributed by atoms with Gasteiger partial charge in [0.05, 0.1) is 36.1 Å². The van der Waals surface area contributed by atoms with E-state index in [9.17, 15) is 19.1 Å². The molecule has 46 heavy (non-hydrogen) atoms. The van der Waals surface area contributed by atoms with Crippen LogP contribution in [-0.2, 0) is 17.8 Å². The molecule has 0 unspecified atom stereocenters. The van der Waals surface area contributed by atoms with Crippen LogP contribution in [-0.4, -0.2) is 62.9 Å². The van der Waals surface area contributed by atoms with E-state index >= 15 is 4.39 Å². The number of aliphatic hydroxyl groups excluding tert-OH is 1. The Hall–Kier alpha value is -4.94. The summed E-state index contributed by atoms with van der Waals surface area (Å²) in [5, 5.41) is 19.8. The van der Waals surface area contributed by atoms with Gasteiger partial charge in [0.25, 0.3) is 5.91 Å². The molecule has 0 saturated carbocycles. The highest BCUT2D eigenvalue weighted by atomic mass is 32.1. The van der Waals surface area contributed by atoms with Crippen molar-refractivity contribution in [1.29, 1.82) is 0 Å². The first-order valence-electron chi connectivity index (χ1n) is 14.9. The molecule has 5 heterocycles. The van der Waals surface area contributed by atoms with Crippen molar-refractivity contribution in [2.45, 2.75) is 25.9 Å². The Bertz CT molecular complexity index is 2060.